The number of fused-ring (bicyclic) bond motifs is 3. The van der Waals surface area contributed by atoms with Crippen LogP contribution in [0.5, 0.6) is 34.5 Å². The van der Waals surface area contributed by atoms with E-state index in [1.54, 1.807) is 30.3 Å². The number of hydrogen-bond donors (Lipinski definition) is 3. The third kappa shape index (κ3) is 3.34. The Morgan fingerprint density at radius 3 is 2.25 bits per heavy atom. The van der Waals surface area contributed by atoms with Gasteiger partial charge in [-0.2, -0.15) is 0 Å². The lowest BCUT2D eigenvalue weighted by molar-refractivity contribution is -0.141. The monoisotopic (exact) mass is 491 g/mol. The number of anilines is 1. The van der Waals surface area contributed by atoms with Crippen LogP contribution in [0.25, 0.3) is 0 Å². The Labute approximate surface area is 207 Å². The number of phenols is 2. The normalized spacial score (nSPS) is 23.4. The quantitative estimate of drug-likeness (QED) is 0.361. The number of rotatable bonds is 5. The molecular formula is C27H25NO8. The van der Waals surface area contributed by atoms with Crippen LogP contribution in [0.3, 0.4) is 0 Å². The van der Waals surface area contributed by atoms with E-state index in [4.69, 9.17) is 23.7 Å². The van der Waals surface area contributed by atoms with Crippen molar-refractivity contribution in [3.05, 3.63) is 65.2 Å². The average molecular weight is 491 g/mol. The molecule has 0 amide bonds. The number of esters is 1. The number of aromatic hydroxyl groups is 2. The minimum absolute atomic E-state index is 0.107. The number of methoxy groups -OCH3 is 2. The van der Waals surface area contributed by atoms with Gasteiger partial charge >= 0.3 is 5.97 Å². The van der Waals surface area contributed by atoms with Gasteiger partial charge in [0, 0.05) is 11.8 Å². The fraction of sp³-hybridized carbons (Fsp3) is 0.296. The van der Waals surface area contributed by atoms with Crippen molar-refractivity contribution in [2.45, 2.75) is 12.0 Å². The molecule has 3 N–H and O–H groups in total. The van der Waals surface area contributed by atoms with Gasteiger partial charge in [-0.1, -0.05) is 12.1 Å². The Hall–Kier alpha value is -4.27. The maximum Gasteiger partial charge on any atom is 0.310 e. The molecule has 1 aliphatic carbocycles. The van der Waals surface area contributed by atoms with E-state index >= 15 is 0 Å². The lowest BCUT2D eigenvalue weighted by Gasteiger charge is -2.40. The molecular weight excluding hydrogens is 466 g/mol. The highest BCUT2D eigenvalue weighted by atomic mass is 16.7. The number of benzene rings is 3. The van der Waals surface area contributed by atoms with E-state index in [1.807, 2.05) is 18.2 Å². The number of cyclic esters (lactones) is 1. The zero-order valence-corrected chi connectivity index (χ0v) is 19.7. The lowest BCUT2D eigenvalue weighted by atomic mass is 9.65. The maximum atomic E-state index is 13.2. The molecule has 9 nitrogen and oxygen atoms in total. The van der Waals surface area contributed by atoms with Gasteiger partial charge in [0.15, 0.2) is 23.0 Å². The molecule has 0 saturated carbocycles. The van der Waals surface area contributed by atoms with Gasteiger partial charge in [-0.3, -0.25) is 4.79 Å². The Balaban J connectivity index is 1.56. The first-order chi connectivity index (χ1) is 17.5. The summed E-state index contributed by atoms with van der Waals surface area (Å²) in [4.78, 5) is 13.2. The second kappa shape index (κ2) is 8.44. The number of ether oxygens (including phenoxy) is 5. The zero-order valence-electron chi connectivity index (χ0n) is 19.7. The molecule has 186 valence electrons. The van der Waals surface area contributed by atoms with E-state index in [0.717, 1.165) is 16.7 Å². The Bertz CT molecular complexity index is 1330. The van der Waals surface area contributed by atoms with Crippen molar-refractivity contribution < 1.29 is 38.7 Å². The van der Waals surface area contributed by atoms with E-state index in [1.165, 1.54) is 14.2 Å². The van der Waals surface area contributed by atoms with Crippen molar-refractivity contribution in [3.8, 4) is 34.5 Å². The van der Waals surface area contributed by atoms with Gasteiger partial charge in [0.1, 0.15) is 5.75 Å². The molecule has 3 aromatic rings. The Morgan fingerprint density at radius 2 is 1.58 bits per heavy atom. The van der Waals surface area contributed by atoms with Crippen molar-refractivity contribution in [3.63, 3.8) is 0 Å². The van der Waals surface area contributed by atoms with Crippen molar-refractivity contribution in [2.75, 3.05) is 32.9 Å². The van der Waals surface area contributed by atoms with Crippen LogP contribution in [0.15, 0.2) is 48.5 Å². The highest BCUT2D eigenvalue weighted by molar-refractivity contribution is 5.79. The molecule has 0 aromatic heterocycles. The first kappa shape index (κ1) is 22.2. The van der Waals surface area contributed by atoms with Gasteiger partial charge in [-0.05, 0) is 53.1 Å². The van der Waals surface area contributed by atoms with Crippen LogP contribution >= 0.6 is 0 Å². The van der Waals surface area contributed by atoms with Gasteiger partial charge in [-0.15, -0.1) is 0 Å². The standard InChI is InChI=1S/C27H25NO8/c1-32-21-7-13(8-22(33-2)26(21)30)23-14-9-19-20(36-12-35-19)10-15(14)25(16-11-34-27(31)24(16)23)28-17-5-3-4-6-18(17)29/h3-10,16,23-25,28-30H,11-12H2,1-2H3/t16-,23+,24-,25+/m0/s1. The summed E-state index contributed by atoms with van der Waals surface area (Å²) < 4.78 is 27.8. The van der Waals surface area contributed by atoms with E-state index in [9.17, 15) is 15.0 Å². The van der Waals surface area contributed by atoms with E-state index in [0.29, 0.717) is 17.2 Å². The second-order valence-corrected chi connectivity index (χ2v) is 9.04. The van der Waals surface area contributed by atoms with Crippen LogP contribution in [0.2, 0.25) is 0 Å². The summed E-state index contributed by atoms with van der Waals surface area (Å²) in [6, 6.07) is 13.9. The van der Waals surface area contributed by atoms with Crippen LogP contribution in [0.4, 0.5) is 5.69 Å². The second-order valence-electron chi connectivity index (χ2n) is 9.04. The predicted molar refractivity (Wildman–Crippen MR) is 128 cm³/mol. The number of phenolic OH excluding ortho intramolecular Hbond substituents is 2. The number of hydrogen-bond acceptors (Lipinski definition) is 9. The molecule has 3 aromatic carbocycles. The molecule has 36 heavy (non-hydrogen) atoms. The van der Waals surface area contributed by atoms with Crippen LogP contribution in [0, 0.1) is 11.8 Å². The summed E-state index contributed by atoms with van der Waals surface area (Å²) >= 11 is 0. The molecule has 3 aliphatic rings. The predicted octanol–water partition coefficient (Wildman–Crippen LogP) is 3.93. The highest BCUT2D eigenvalue weighted by Crippen LogP contribution is 2.56. The average Bonchev–Trinajstić information content (AvgIpc) is 3.50. The smallest absolute Gasteiger partial charge is 0.310 e. The van der Waals surface area contributed by atoms with Gasteiger partial charge in [-0.25, -0.2) is 0 Å². The number of carbonyl (C=O) groups excluding carboxylic acids is 1. The molecule has 0 unspecified atom stereocenters. The summed E-state index contributed by atoms with van der Waals surface area (Å²) in [5.41, 5.74) is 3.03. The molecule has 4 atom stereocenters. The Kier molecular flexibility index (Phi) is 5.21. The summed E-state index contributed by atoms with van der Waals surface area (Å²) in [7, 11) is 2.92. The number of nitrogens with one attached hydrogen (secondary N) is 1. The molecule has 1 saturated heterocycles. The fourth-order valence-corrected chi connectivity index (χ4v) is 5.60. The molecule has 0 bridgehead atoms. The van der Waals surface area contributed by atoms with Gasteiger partial charge < -0.3 is 39.2 Å². The molecule has 0 radical (unpaired) electrons. The first-order valence-corrected chi connectivity index (χ1v) is 11.6. The van der Waals surface area contributed by atoms with E-state index in [2.05, 4.69) is 5.32 Å². The number of para-hydroxylation sites is 2. The molecule has 1 fully saturated rings. The third-order valence-electron chi connectivity index (χ3n) is 7.26. The summed E-state index contributed by atoms with van der Waals surface area (Å²) in [5, 5.41) is 24.4. The summed E-state index contributed by atoms with van der Waals surface area (Å²) in [6.07, 6.45) is 0. The van der Waals surface area contributed by atoms with E-state index in [-0.39, 0.29) is 54.3 Å². The van der Waals surface area contributed by atoms with Crippen LogP contribution in [-0.2, 0) is 9.53 Å². The van der Waals surface area contributed by atoms with Crippen LogP contribution in [0.1, 0.15) is 28.7 Å². The van der Waals surface area contributed by atoms with Crippen molar-refractivity contribution in [1.82, 2.24) is 0 Å². The largest absolute Gasteiger partial charge is 0.506 e. The Morgan fingerprint density at radius 1 is 0.917 bits per heavy atom. The summed E-state index contributed by atoms with van der Waals surface area (Å²) in [6.45, 7) is 0.321. The number of carbonyl (C=O) groups is 1. The van der Waals surface area contributed by atoms with Crippen molar-refractivity contribution >= 4 is 11.7 Å². The molecule has 2 heterocycles. The van der Waals surface area contributed by atoms with Crippen molar-refractivity contribution in [1.29, 1.82) is 0 Å². The maximum absolute atomic E-state index is 13.2. The molecule has 9 heteroatoms. The first-order valence-electron chi connectivity index (χ1n) is 11.6. The highest BCUT2D eigenvalue weighted by Gasteiger charge is 2.52. The van der Waals surface area contributed by atoms with Gasteiger partial charge in [0.25, 0.3) is 0 Å². The lowest BCUT2D eigenvalue weighted by Crippen LogP contribution is -2.37. The topological polar surface area (TPSA) is 116 Å². The molecule has 0 spiro atoms. The van der Waals surface area contributed by atoms with Crippen LogP contribution in [-0.4, -0.2) is 43.8 Å². The van der Waals surface area contributed by atoms with Gasteiger partial charge in [0.2, 0.25) is 12.5 Å². The van der Waals surface area contributed by atoms with Crippen LogP contribution < -0.4 is 24.3 Å². The summed E-state index contributed by atoms with van der Waals surface area (Å²) in [5.74, 6) is 0.133. The molecule has 6 rings (SSSR count). The van der Waals surface area contributed by atoms with Crippen molar-refractivity contribution in [2.24, 2.45) is 11.8 Å². The zero-order chi connectivity index (χ0) is 25.0. The molecule has 2 aliphatic heterocycles. The van der Waals surface area contributed by atoms with E-state index < -0.39 is 11.8 Å². The minimum atomic E-state index is -0.541. The third-order valence-corrected chi connectivity index (χ3v) is 7.26. The fourth-order valence-electron chi connectivity index (χ4n) is 5.60. The minimum Gasteiger partial charge on any atom is -0.506 e. The SMILES string of the molecule is COc1cc([C@@H]2c3cc4c(cc3[C@@H](Nc3ccccc3O)[C@H]3COC(=O)[C@H]23)OCO4)cc(OC)c1O. The van der Waals surface area contributed by atoms with Gasteiger partial charge in [0.05, 0.1) is 38.5 Å².